The maximum Gasteiger partial charge on any atom is 0.158 e. The maximum atomic E-state index is 5.62. The lowest BCUT2D eigenvalue weighted by molar-refractivity contribution is 0.0602. The molecule has 4 heteroatoms. The predicted molar refractivity (Wildman–Crippen MR) is 70.8 cm³/mol. The van der Waals surface area contributed by atoms with E-state index in [0.29, 0.717) is 6.61 Å². The van der Waals surface area contributed by atoms with Crippen LogP contribution < -0.4 is 0 Å². The fourth-order valence-electron chi connectivity index (χ4n) is 1.79. The summed E-state index contributed by atoms with van der Waals surface area (Å²) >= 11 is 0. The average Bonchev–Trinajstić information content (AvgIpc) is 2.68. The molecule has 4 nitrogen and oxygen atoms in total. The molecule has 0 aliphatic heterocycles. The van der Waals surface area contributed by atoms with Crippen molar-refractivity contribution in [3.8, 4) is 5.69 Å². The van der Waals surface area contributed by atoms with Crippen molar-refractivity contribution in [2.75, 3.05) is 0 Å². The number of hydrogen-bond acceptors (Lipinski definition) is 3. The van der Waals surface area contributed by atoms with Gasteiger partial charge in [0.15, 0.2) is 5.82 Å². The number of nitrogens with zero attached hydrogens (tertiary/aromatic N) is 3. The minimum Gasteiger partial charge on any atom is -0.371 e. The zero-order valence-corrected chi connectivity index (χ0v) is 11.3. The van der Waals surface area contributed by atoms with Crippen LogP contribution in [0.1, 0.15) is 31.1 Å². The second kappa shape index (κ2) is 5.31. The molecule has 0 aliphatic carbocycles. The summed E-state index contributed by atoms with van der Waals surface area (Å²) in [5, 5.41) is 4.45. The lowest BCUT2D eigenvalue weighted by Gasteiger charge is -2.10. The molecule has 2 aromatic rings. The van der Waals surface area contributed by atoms with E-state index in [1.165, 1.54) is 5.56 Å². The zero-order chi connectivity index (χ0) is 13.1. The highest BCUT2D eigenvalue weighted by molar-refractivity contribution is 5.39. The van der Waals surface area contributed by atoms with E-state index in [-0.39, 0.29) is 6.10 Å². The quantitative estimate of drug-likeness (QED) is 0.831. The van der Waals surface area contributed by atoms with Gasteiger partial charge in [-0.2, -0.15) is 5.10 Å². The Morgan fingerprint density at radius 3 is 2.61 bits per heavy atom. The minimum absolute atomic E-state index is 0.187. The van der Waals surface area contributed by atoms with Crippen molar-refractivity contribution in [3.05, 3.63) is 41.5 Å². The van der Waals surface area contributed by atoms with Crippen LogP contribution >= 0.6 is 0 Å². The first-order valence-corrected chi connectivity index (χ1v) is 6.18. The molecule has 18 heavy (non-hydrogen) atoms. The Kier molecular flexibility index (Phi) is 3.77. The van der Waals surface area contributed by atoms with Crippen molar-refractivity contribution in [3.63, 3.8) is 0 Å². The molecule has 0 saturated heterocycles. The Hall–Kier alpha value is -1.68. The molecule has 0 amide bonds. The Balaban J connectivity index is 2.36. The largest absolute Gasteiger partial charge is 0.371 e. The third-order valence-corrected chi connectivity index (χ3v) is 2.67. The summed E-state index contributed by atoms with van der Waals surface area (Å²) in [5.74, 6) is 1.61. The number of aromatic nitrogens is 3. The van der Waals surface area contributed by atoms with Crippen LogP contribution in [0.2, 0.25) is 0 Å². The Bertz CT molecular complexity index is 532. The molecule has 1 aromatic carbocycles. The first kappa shape index (κ1) is 12.8. The fourth-order valence-corrected chi connectivity index (χ4v) is 1.79. The van der Waals surface area contributed by atoms with E-state index in [9.17, 15) is 0 Å². The zero-order valence-electron chi connectivity index (χ0n) is 11.3. The number of para-hydroxylation sites is 1. The van der Waals surface area contributed by atoms with E-state index in [2.05, 4.69) is 23.1 Å². The number of ether oxygens (including phenoxy) is 1. The molecule has 1 heterocycles. The van der Waals surface area contributed by atoms with Crippen molar-refractivity contribution in [1.29, 1.82) is 0 Å². The van der Waals surface area contributed by atoms with E-state index < -0.39 is 0 Å². The van der Waals surface area contributed by atoms with E-state index in [0.717, 1.165) is 17.3 Å². The van der Waals surface area contributed by atoms with Gasteiger partial charge in [0, 0.05) is 0 Å². The predicted octanol–water partition coefficient (Wildman–Crippen LogP) is 2.81. The van der Waals surface area contributed by atoms with Gasteiger partial charge < -0.3 is 4.74 Å². The normalized spacial score (nSPS) is 11.2. The van der Waals surface area contributed by atoms with Crippen LogP contribution in [0.25, 0.3) is 5.69 Å². The monoisotopic (exact) mass is 245 g/mol. The van der Waals surface area contributed by atoms with Crippen molar-refractivity contribution in [2.45, 2.75) is 40.4 Å². The van der Waals surface area contributed by atoms with Crippen LogP contribution in [-0.4, -0.2) is 20.9 Å². The third kappa shape index (κ3) is 2.76. The number of benzene rings is 1. The summed E-state index contributed by atoms with van der Waals surface area (Å²) in [6.45, 7) is 8.47. The second-order valence-electron chi connectivity index (χ2n) is 4.63. The molecule has 0 bridgehead atoms. The maximum absolute atomic E-state index is 5.62. The molecule has 1 aromatic heterocycles. The Morgan fingerprint density at radius 2 is 1.94 bits per heavy atom. The lowest BCUT2D eigenvalue weighted by Crippen LogP contribution is -2.09. The van der Waals surface area contributed by atoms with E-state index in [4.69, 9.17) is 4.74 Å². The van der Waals surface area contributed by atoms with E-state index in [1.54, 1.807) is 0 Å². The molecular weight excluding hydrogens is 226 g/mol. The first-order chi connectivity index (χ1) is 8.58. The van der Waals surface area contributed by atoms with Gasteiger partial charge in [0.1, 0.15) is 12.4 Å². The number of rotatable bonds is 4. The average molecular weight is 245 g/mol. The summed E-state index contributed by atoms with van der Waals surface area (Å²) < 4.78 is 7.49. The molecule has 0 N–H and O–H groups in total. The highest BCUT2D eigenvalue weighted by atomic mass is 16.5. The van der Waals surface area contributed by atoms with Gasteiger partial charge in [-0.25, -0.2) is 9.67 Å². The Labute approximate surface area is 108 Å². The standard InChI is InChI=1S/C14H19N3O/c1-10(2)18-9-14-15-12(4)16-17(14)13-8-6-5-7-11(13)3/h5-8,10H,9H2,1-4H3. The Morgan fingerprint density at radius 1 is 1.22 bits per heavy atom. The van der Waals surface area contributed by atoms with Gasteiger partial charge in [0.25, 0.3) is 0 Å². The van der Waals surface area contributed by atoms with Crippen LogP contribution in [0.3, 0.4) is 0 Å². The highest BCUT2D eigenvalue weighted by Crippen LogP contribution is 2.15. The van der Waals surface area contributed by atoms with E-state index >= 15 is 0 Å². The van der Waals surface area contributed by atoms with E-state index in [1.807, 2.05) is 43.7 Å². The summed E-state index contributed by atoms with van der Waals surface area (Å²) in [4.78, 5) is 4.43. The lowest BCUT2D eigenvalue weighted by atomic mass is 10.2. The summed E-state index contributed by atoms with van der Waals surface area (Å²) in [6.07, 6.45) is 0.187. The van der Waals surface area contributed by atoms with Crippen molar-refractivity contribution in [1.82, 2.24) is 14.8 Å². The van der Waals surface area contributed by atoms with Gasteiger partial charge in [0.05, 0.1) is 11.8 Å². The van der Waals surface area contributed by atoms with Gasteiger partial charge in [-0.15, -0.1) is 0 Å². The van der Waals surface area contributed by atoms with Crippen LogP contribution in [0.5, 0.6) is 0 Å². The van der Waals surface area contributed by atoms with Crippen molar-refractivity contribution in [2.24, 2.45) is 0 Å². The number of aryl methyl sites for hydroxylation is 2. The van der Waals surface area contributed by atoms with Crippen LogP contribution in [0.15, 0.2) is 24.3 Å². The van der Waals surface area contributed by atoms with Crippen LogP contribution in [0.4, 0.5) is 0 Å². The minimum atomic E-state index is 0.187. The van der Waals surface area contributed by atoms with Gasteiger partial charge in [-0.3, -0.25) is 0 Å². The molecule has 0 aliphatic rings. The first-order valence-electron chi connectivity index (χ1n) is 6.18. The molecule has 0 atom stereocenters. The summed E-state index contributed by atoms with van der Waals surface area (Å²) in [6, 6.07) is 8.14. The van der Waals surface area contributed by atoms with Crippen molar-refractivity contribution < 1.29 is 4.74 Å². The van der Waals surface area contributed by atoms with Gasteiger partial charge in [0.2, 0.25) is 0 Å². The van der Waals surface area contributed by atoms with Gasteiger partial charge >= 0.3 is 0 Å². The third-order valence-electron chi connectivity index (χ3n) is 2.67. The SMILES string of the molecule is Cc1nc(COC(C)C)n(-c2ccccc2C)n1. The fraction of sp³-hybridized carbons (Fsp3) is 0.429. The molecule has 0 fully saturated rings. The molecule has 0 radical (unpaired) electrons. The summed E-state index contributed by atoms with van der Waals surface area (Å²) in [7, 11) is 0. The molecular formula is C14H19N3O. The molecule has 0 spiro atoms. The van der Waals surface area contributed by atoms with Crippen LogP contribution in [-0.2, 0) is 11.3 Å². The topological polar surface area (TPSA) is 39.9 Å². The smallest absolute Gasteiger partial charge is 0.158 e. The van der Waals surface area contributed by atoms with Crippen LogP contribution in [0, 0.1) is 13.8 Å². The second-order valence-corrected chi connectivity index (χ2v) is 4.63. The molecule has 2 rings (SSSR count). The summed E-state index contributed by atoms with van der Waals surface area (Å²) in [5.41, 5.74) is 2.23. The van der Waals surface area contributed by atoms with Gasteiger partial charge in [-0.1, -0.05) is 18.2 Å². The van der Waals surface area contributed by atoms with Gasteiger partial charge in [-0.05, 0) is 39.3 Å². The van der Waals surface area contributed by atoms with Crippen molar-refractivity contribution >= 4 is 0 Å². The highest BCUT2D eigenvalue weighted by Gasteiger charge is 2.11. The number of hydrogen-bond donors (Lipinski definition) is 0. The molecule has 96 valence electrons. The molecule has 0 saturated carbocycles. The molecule has 0 unspecified atom stereocenters.